The van der Waals surface area contributed by atoms with Crippen molar-refractivity contribution in [3.05, 3.63) is 58.1 Å². The predicted molar refractivity (Wildman–Crippen MR) is 74.0 cm³/mol. The third kappa shape index (κ3) is 3.54. The summed E-state index contributed by atoms with van der Waals surface area (Å²) in [6.07, 6.45) is 1.41. The van der Waals surface area contributed by atoms with E-state index in [9.17, 15) is 9.18 Å². The molecule has 0 aliphatic rings. The van der Waals surface area contributed by atoms with E-state index in [1.165, 1.54) is 19.4 Å². The number of esters is 1. The van der Waals surface area contributed by atoms with Gasteiger partial charge in [0.05, 0.1) is 22.8 Å². The fourth-order valence-corrected chi connectivity index (χ4v) is 1.72. The Morgan fingerprint density at radius 3 is 2.75 bits per heavy atom. The highest BCUT2D eigenvalue weighted by molar-refractivity contribution is 9.10. The number of carbonyl (C=O) groups excluding carboxylic acids is 1. The van der Waals surface area contributed by atoms with E-state index in [0.717, 1.165) is 0 Å². The molecule has 1 aromatic heterocycles. The number of methoxy groups -OCH3 is 1. The normalized spacial score (nSPS) is 10.2. The maximum absolute atomic E-state index is 13.3. The molecule has 2 aromatic rings. The van der Waals surface area contributed by atoms with E-state index in [1.807, 2.05) is 0 Å². The van der Waals surface area contributed by atoms with Gasteiger partial charge in [-0.15, -0.1) is 0 Å². The largest absolute Gasteiger partial charge is 0.487 e. The third-order valence-electron chi connectivity index (χ3n) is 2.52. The molecular weight excluding hydrogens is 329 g/mol. The summed E-state index contributed by atoms with van der Waals surface area (Å²) < 4.78 is 23.7. The minimum Gasteiger partial charge on any atom is -0.487 e. The first-order valence-corrected chi connectivity index (χ1v) is 6.50. The number of aromatic nitrogens is 1. The van der Waals surface area contributed by atoms with Crippen molar-refractivity contribution in [1.29, 1.82) is 0 Å². The molecule has 0 saturated carbocycles. The SMILES string of the molecule is COC(=O)c1ccc(COc2ccc(Br)c(F)c2)nc1. The number of hydrogen-bond acceptors (Lipinski definition) is 4. The van der Waals surface area contributed by atoms with Crippen LogP contribution >= 0.6 is 15.9 Å². The second-order valence-electron chi connectivity index (χ2n) is 3.89. The van der Waals surface area contributed by atoms with Crippen LogP contribution in [0.15, 0.2) is 41.0 Å². The zero-order chi connectivity index (χ0) is 14.5. The molecule has 20 heavy (non-hydrogen) atoms. The predicted octanol–water partition coefficient (Wildman–Crippen LogP) is 3.35. The van der Waals surface area contributed by atoms with Crippen LogP contribution in [0.4, 0.5) is 4.39 Å². The molecule has 0 radical (unpaired) electrons. The van der Waals surface area contributed by atoms with Crippen LogP contribution < -0.4 is 4.74 Å². The van der Waals surface area contributed by atoms with Crippen LogP contribution in [0.2, 0.25) is 0 Å². The zero-order valence-corrected chi connectivity index (χ0v) is 12.2. The molecule has 0 N–H and O–H groups in total. The smallest absolute Gasteiger partial charge is 0.339 e. The summed E-state index contributed by atoms with van der Waals surface area (Å²) in [5.41, 5.74) is 0.993. The lowest BCUT2D eigenvalue weighted by atomic mass is 10.2. The van der Waals surface area contributed by atoms with Crippen molar-refractivity contribution in [1.82, 2.24) is 4.98 Å². The summed E-state index contributed by atoms with van der Waals surface area (Å²) in [5, 5.41) is 0. The van der Waals surface area contributed by atoms with Gasteiger partial charge >= 0.3 is 5.97 Å². The van der Waals surface area contributed by atoms with Crippen molar-refractivity contribution in [2.45, 2.75) is 6.61 Å². The van der Waals surface area contributed by atoms with Gasteiger partial charge in [0.1, 0.15) is 18.2 Å². The van der Waals surface area contributed by atoms with E-state index in [1.54, 1.807) is 24.3 Å². The molecule has 0 aliphatic carbocycles. The van der Waals surface area contributed by atoms with Crippen LogP contribution in [0.5, 0.6) is 5.75 Å². The number of halogens is 2. The number of hydrogen-bond donors (Lipinski definition) is 0. The van der Waals surface area contributed by atoms with Crippen LogP contribution in [0.25, 0.3) is 0 Å². The first kappa shape index (κ1) is 14.5. The number of carbonyl (C=O) groups is 1. The van der Waals surface area contributed by atoms with Crippen molar-refractivity contribution >= 4 is 21.9 Å². The van der Waals surface area contributed by atoms with Crippen LogP contribution in [-0.4, -0.2) is 18.1 Å². The fraction of sp³-hybridized carbons (Fsp3) is 0.143. The highest BCUT2D eigenvalue weighted by Crippen LogP contribution is 2.21. The van der Waals surface area contributed by atoms with Gasteiger partial charge in [-0.25, -0.2) is 9.18 Å². The molecule has 0 spiro atoms. The standard InChI is InChI=1S/C14H11BrFNO3/c1-19-14(18)9-2-3-10(17-7-9)8-20-11-4-5-12(15)13(16)6-11/h2-7H,8H2,1H3. The van der Waals surface area contributed by atoms with Gasteiger partial charge in [-0.3, -0.25) is 4.98 Å². The van der Waals surface area contributed by atoms with Gasteiger partial charge in [0.15, 0.2) is 0 Å². The van der Waals surface area contributed by atoms with Gasteiger partial charge in [-0.1, -0.05) is 0 Å². The van der Waals surface area contributed by atoms with Crippen molar-refractivity contribution in [3.8, 4) is 5.75 Å². The average Bonchev–Trinajstić information content (AvgIpc) is 2.48. The van der Waals surface area contributed by atoms with E-state index in [2.05, 4.69) is 25.7 Å². The fourth-order valence-electron chi connectivity index (χ4n) is 1.47. The molecule has 4 nitrogen and oxygen atoms in total. The molecular formula is C14H11BrFNO3. The van der Waals surface area contributed by atoms with Crippen LogP contribution in [0.1, 0.15) is 16.1 Å². The Kier molecular flexibility index (Phi) is 4.68. The summed E-state index contributed by atoms with van der Waals surface area (Å²) in [6.45, 7) is 0.183. The van der Waals surface area contributed by atoms with Crippen LogP contribution in [0, 0.1) is 5.82 Å². The van der Waals surface area contributed by atoms with Gasteiger partial charge in [0.2, 0.25) is 0 Å². The number of benzene rings is 1. The summed E-state index contributed by atoms with van der Waals surface area (Å²) in [6, 6.07) is 7.75. The number of ether oxygens (including phenoxy) is 2. The lowest BCUT2D eigenvalue weighted by molar-refractivity contribution is 0.0600. The van der Waals surface area contributed by atoms with Gasteiger partial charge in [-0.05, 0) is 40.2 Å². The maximum atomic E-state index is 13.3. The quantitative estimate of drug-likeness (QED) is 0.801. The first-order chi connectivity index (χ1) is 9.60. The Labute approximate surface area is 123 Å². The molecule has 0 aliphatic heterocycles. The van der Waals surface area contributed by atoms with E-state index in [0.29, 0.717) is 21.5 Å². The van der Waals surface area contributed by atoms with Crippen molar-refractivity contribution < 1.29 is 18.7 Å². The van der Waals surface area contributed by atoms with E-state index < -0.39 is 11.8 Å². The molecule has 0 amide bonds. The van der Waals surface area contributed by atoms with Crippen molar-refractivity contribution in [3.63, 3.8) is 0 Å². The molecule has 0 fully saturated rings. The maximum Gasteiger partial charge on any atom is 0.339 e. The Morgan fingerprint density at radius 1 is 1.35 bits per heavy atom. The minimum atomic E-state index is -0.444. The molecule has 2 rings (SSSR count). The summed E-state index contributed by atoms with van der Waals surface area (Å²) in [5.74, 6) is -0.430. The zero-order valence-electron chi connectivity index (χ0n) is 10.6. The first-order valence-electron chi connectivity index (χ1n) is 5.71. The van der Waals surface area contributed by atoms with Gasteiger partial charge in [-0.2, -0.15) is 0 Å². The van der Waals surface area contributed by atoms with Crippen molar-refractivity contribution in [2.75, 3.05) is 7.11 Å². The monoisotopic (exact) mass is 339 g/mol. The molecule has 0 saturated heterocycles. The average molecular weight is 340 g/mol. The van der Waals surface area contributed by atoms with E-state index in [-0.39, 0.29) is 6.61 Å². The molecule has 6 heteroatoms. The number of nitrogens with zero attached hydrogens (tertiary/aromatic N) is 1. The molecule has 1 aromatic carbocycles. The minimum absolute atomic E-state index is 0.183. The lowest BCUT2D eigenvalue weighted by Crippen LogP contribution is -2.04. The van der Waals surface area contributed by atoms with Crippen LogP contribution in [0.3, 0.4) is 0 Å². The molecule has 1 heterocycles. The lowest BCUT2D eigenvalue weighted by Gasteiger charge is -2.06. The van der Waals surface area contributed by atoms with Gasteiger partial charge < -0.3 is 9.47 Å². The molecule has 0 atom stereocenters. The Hall–Kier alpha value is -1.95. The number of rotatable bonds is 4. The van der Waals surface area contributed by atoms with E-state index in [4.69, 9.17) is 4.74 Å². The Morgan fingerprint density at radius 2 is 2.15 bits per heavy atom. The van der Waals surface area contributed by atoms with Gasteiger partial charge in [0.25, 0.3) is 0 Å². The summed E-state index contributed by atoms with van der Waals surface area (Å²) in [4.78, 5) is 15.3. The Balaban J connectivity index is 2.00. The van der Waals surface area contributed by atoms with Gasteiger partial charge in [0, 0.05) is 12.3 Å². The summed E-state index contributed by atoms with van der Waals surface area (Å²) in [7, 11) is 1.31. The number of pyridine rings is 1. The van der Waals surface area contributed by atoms with E-state index >= 15 is 0 Å². The second-order valence-corrected chi connectivity index (χ2v) is 4.75. The third-order valence-corrected chi connectivity index (χ3v) is 3.17. The highest BCUT2D eigenvalue weighted by atomic mass is 79.9. The molecule has 104 valence electrons. The topological polar surface area (TPSA) is 48.4 Å². The molecule has 0 unspecified atom stereocenters. The van der Waals surface area contributed by atoms with Crippen molar-refractivity contribution in [2.24, 2.45) is 0 Å². The van der Waals surface area contributed by atoms with Crippen LogP contribution in [-0.2, 0) is 11.3 Å². The summed E-state index contributed by atoms with van der Waals surface area (Å²) >= 11 is 3.07. The Bertz CT molecular complexity index is 616. The molecule has 0 bridgehead atoms. The second kappa shape index (κ2) is 6.47. The highest BCUT2D eigenvalue weighted by Gasteiger charge is 2.06.